The van der Waals surface area contributed by atoms with Gasteiger partial charge in [0, 0.05) is 32.6 Å². The monoisotopic (exact) mass is 471 g/mol. The van der Waals surface area contributed by atoms with Gasteiger partial charge >= 0.3 is 0 Å². The van der Waals surface area contributed by atoms with Crippen LogP contribution >= 0.6 is 23.2 Å². The van der Waals surface area contributed by atoms with Crippen molar-refractivity contribution in [2.75, 3.05) is 0 Å². The van der Waals surface area contributed by atoms with Gasteiger partial charge in [0.05, 0.1) is 29.5 Å². The zero-order valence-corrected chi connectivity index (χ0v) is 19.0. The molecule has 0 spiro atoms. The van der Waals surface area contributed by atoms with Gasteiger partial charge in [-0.1, -0.05) is 53.5 Å². The van der Waals surface area contributed by atoms with Crippen LogP contribution in [0.1, 0.15) is 11.3 Å². The van der Waals surface area contributed by atoms with Crippen molar-refractivity contribution in [3.8, 4) is 5.69 Å². The van der Waals surface area contributed by atoms with Gasteiger partial charge in [-0.3, -0.25) is 9.78 Å². The van der Waals surface area contributed by atoms with E-state index in [0.29, 0.717) is 16.6 Å². The van der Waals surface area contributed by atoms with Crippen LogP contribution in [0.2, 0.25) is 10.0 Å². The number of aromatic nitrogens is 2. The number of hydrogen-bond donors (Lipinski definition) is 1. The molecule has 6 heteroatoms. The Morgan fingerprint density at radius 2 is 1.58 bits per heavy atom. The molecule has 2 aromatic heterocycles. The normalized spacial score (nSPS) is 11.5. The summed E-state index contributed by atoms with van der Waals surface area (Å²) in [5.74, 6) is -0.185. The number of nitrogens with one attached hydrogen (secondary N) is 1. The molecule has 0 fully saturated rings. The molecule has 0 unspecified atom stereocenters. The third kappa shape index (κ3) is 4.49. The molecular weight excluding hydrogens is 453 g/mol. The number of hydrogen-bond acceptors (Lipinski definition) is 2. The maximum absolute atomic E-state index is 12.3. The summed E-state index contributed by atoms with van der Waals surface area (Å²) in [7, 11) is 0. The summed E-state index contributed by atoms with van der Waals surface area (Å²) in [6.07, 6.45) is 5.12. The van der Waals surface area contributed by atoms with E-state index in [9.17, 15) is 4.79 Å². The van der Waals surface area contributed by atoms with Crippen molar-refractivity contribution >= 4 is 57.0 Å². The third-order valence-electron chi connectivity index (χ3n) is 5.44. The van der Waals surface area contributed by atoms with Gasteiger partial charge < -0.3 is 9.88 Å². The molecule has 0 atom stereocenters. The number of halogens is 2. The van der Waals surface area contributed by atoms with Crippen LogP contribution in [0.5, 0.6) is 0 Å². The Balaban J connectivity index is 1.41. The van der Waals surface area contributed by atoms with E-state index >= 15 is 0 Å². The molecule has 0 aliphatic heterocycles. The molecule has 4 nitrogen and oxygen atoms in total. The molecule has 0 aliphatic rings. The van der Waals surface area contributed by atoms with Crippen LogP contribution in [0.3, 0.4) is 0 Å². The van der Waals surface area contributed by atoms with Gasteiger partial charge in [-0.25, -0.2) is 0 Å². The maximum Gasteiger partial charge on any atom is 0.244 e. The van der Waals surface area contributed by atoms with Crippen molar-refractivity contribution in [3.05, 3.63) is 112 Å². The number of nitrogens with zero attached hydrogens (tertiary/aromatic N) is 2. The van der Waals surface area contributed by atoms with Gasteiger partial charge in [0.1, 0.15) is 0 Å². The summed E-state index contributed by atoms with van der Waals surface area (Å²) in [5.41, 5.74) is 4.79. The van der Waals surface area contributed by atoms with E-state index in [1.807, 2.05) is 60.8 Å². The third-order valence-corrected chi connectivity index (χ3v) is 5.95. The van der Waals surface area contributed by atoms with Gasteiger partial charge in [0.15, 0.2) is 0 Å². The summed E-state index contributed by atoms with van der Waals surface area (Å²) in [6.45, 7) is 0.334. The number of carbonyl (C=O) groups excluding carboxylic acids is 1. The lowest BCUT2D eigenvalue weighted by Gasteiger charge is -2.08. The second-order valence-corrected chi connectivity index (χ2v) is 8.50. The second-order valence-electron chi connectivity index (χ2n) is 7.62. The fourth-order valence-electron chi connectivity index (χ4n) is 3.86. The molecule has 0 bridgehead atoms. The molecule has 3 aromatic carbocycles. The predicted molar refractivity (Wildman–Crippen MR) is 136 cm³/mol. The van der Waals surface area contributed by atoms with Crippen molar-refractivity contribution in [3.63, 3.8) is 0 Å². The Bertz CT molecular complexity index is 1490. The largest absolute Gasteiger partial charge is 0.347 e. The second kappa shape index (κ2) is 9.10. The molecular formula is C27H19Cl2N3O. The number of carbonyl (C=O) groups is 1. The van der Waals surface area contributed by atoms with Crippen molar-refractivity contribution in [2.24, 2.45) is 0 Å². The molecule has 1 N–H and O–H groups in total. The van der Waals surface area contributed by atoms with E-state index in [1.54, 1.807) is 18.2 Å². The van der Waals surface area contributed by atoms with E-state index in [1.165, 1.54) is 6.08 Å². The minimum Gasteiger partial charge on any atom is -0.347 e. The number of para-hydroxylation sites is 1. The molecule has 1 amide bonds. The van der Waals surface area contributed by atoms with Gasteiger partial charge in [0.2, 0.25) is 5.91 Å². The van der Waals surface area contributed by atoms with Gasteiger partial charge in [-0.15, -0.1) is 0 Å². The lowest BCUT2D eigenvalue weighted by atomic mass is 10.1. The maximum atomic E-state index is 12.3. The van der Waals surface area contributed by atoms with Crippen molar-refractivity contribution in [1.82, 2.24) is 14.9 Å². The smallest absolute Gasteiger partial charge is 0.244 e. The van der Waals surface area contributed by atoms with Crippen LogP contribution in [0.4, 0.5) is 0 Å². The first-order valence-electron chi connectivity index (χ1n) is 10.4. The molecule has 0 saturated heterocycles. The van der Waals surface area contributed by atoms with E-state index < -0.39 is 0 Å². The van der Waals surface area contributed by atoms with Crippen LogP contribution in [0.15, 0.2) is 91.1 Å². The molecule has 162 valence electrons. The van der Waals surface area contributed by atoms with Crippen molar-refractivity contribution in [2.45, 2.75) is 6.54 Å². The molecule has 5 rings (SSSR count). The zero-order chi connectivity index (χ0) is 22.8. The Kier molecular flexibility index (Phi) is 5.86. The fraction of sp³-hybridized carbons (Fsp3) is 0.0370. The summed E-state index contributed by atoms with van der Waals surface area (Å²) in [6, 6.07) is 25.3. The summed E-state index contributed by atoms with van der Waals surface area (Å²) < 4.78 is 2.17. The fourth-order valence-corrected chi connectivity index (χ4v) is 4.11. The van der Waals surface area contributed by atoms with Gasteiger partial charge in [-0.05, 0) is 60.2 Å². The first kappa shape index (κ1) is 21.3. The highest BCUT2D eigenvalue weighted by atomic mass is 35.5. The topological polar surface area (TPSA) is 46.9 Å². The lowest BCUT2D eigenvalue weighted by Crippen LogP contribution is -2.20. The summed E-state index contributed by atoms with van der Waals surface area (Å²) >= 11 is 12.0. The van der Waals surface area contributed by atoms with Crippen LogP contribution in [-0.2, 0) is 11.3 Å². The minimum absolute atomic E-state index is 0.185. The summed E-state index contributed by atoms with van der Waals surface area (Å²) in [4.78, 5) is 16.9. The first-order valence-corrected chi connectivity index (χ1v) is 11.2. The molecule has 0 aliphatic carbocycles. The minimum atomic E-state index is -0.185. The van der Waals surface area contributed by atoms with Gasteiger partial charge in [-0.2, -0.15) is 0 Å². The number of benzene rings is 3. The molecule has 5 aromatic rings. The van der Waals surface area contributed by atoms with Gasteiger partial charge in [0.25, 0.3) is 0 Å². The molecule has 2 heterocycles. The predicted octanol–water partition coefficient (Wildman–Crippen LogP) is 6.82. The number of amides is 1. The highest BCUT2D eigenvalue weighted by Crippen LogP contribution is 2.32. The van der Waals surface area contributed by atoms with E-state index in [4.69, 9.17) is 23.2 Å². The summed E-state index contributed by atoms with van der Waals surface area (Å²) in [5, 5.41) is 6.47. The molecule has 0 radical (unpaired) electrons. The van der Waals surface area contributed by atoms with E-state index in [-0.39, 0.29) is 5.91 Å². The molecule has 0 saturated carbocycles. The lowest BCUT2D eigenvalue weighted by molar-refractivity contribution is -0.116. The number of pyridine rings is 1. The van der Waals surface area contributed by atoms with Crippen molar-refractivity contribution < 1.29 is 4.79 Å². The highest BCUT2D eigenvalue weighted by Gasteiger charge is 2.13. The highest BCUT2D eigenvalue weighted by molar-refractivity contribution is 6.30. The number of fused-ring (bicyclic) bond motifs is 3. The van der Waals surface area contributed by atoms with Crippen molar-refractivity contribution in [1.29, 1.82) is 0 Å². The number of rotatable bonds is 5. The quantitative estimate of drug-likeness (QED) is 0.286. The van der Waals surface area contributed by atoms with Crippen LogP contribution in [0, 0.1) is 0 Å². The van der Waals surface area contributed by atoms with E-state index in [0.717, 1.165) is 38.8 Å². The molecule has 33 heavy (non-hydrogen) atoms. The average molecular weight is 472 g/mol. The average Bonchev–Trinajstić information content (AvgIpc) is 3.17. The first-order chi connectivity index (χ1) is 16.1. The van der Waals surface area contributed by atoms with Crippen LogP contribution < -0.4 is 5.32 Å². The van der Waals surface area contributed by atoms with Crippen LogP contribution in [-0.4, -0.2) is 15.5 Å². The Morgan fingerprint density at radius 3 is 2.33 bits per heavy atom. The Morgan fingerprint density at radius 1 is 0.879 bits per heavy atom. The Labute approximate surface area is 201 Å². The standard InChI is InChI=1S/C27H19Cl2N3O/c28-19-8-5-18(6-9-19)7-14-27(33)31-16-21-15-24-23-3-1-2-4-25(23)32(26(24)17-30-21)22-12-10-20(29)11-13-22/h1-15,17H,16H2,(H,31,33)/b14-7+. The van der Waals surface area contributed by atoms with E-state index in [2.05, 4.69) is 27.0 Å². The Hall–Kier alpha value is -3.60. The SMILES string of the molecule is O=C(/C=C/c1ccc(Cl)cc1)NCc1cc2c3ccccc3n(-c3ccc(Cl)cc3)c2cn1. The van der Waals surface area contributed by atoms with Crippen LogP contribution in [0.25, 0.3) is 33.6 Å². The zero-order valence-electron chi connectivity index (χ0n) is 17.5.